The van der Waals surface area contributed by atoms with Crippen molar-refractivity contribution in [2.45, 2.75) is 84.2 Å². The third kappa shape index (κ3) is 8.61. The molecular weight excluding hydrogens is 627 g/mol. The van der Waals surface area contributed by atoms with E-state index in [1.54, 1.807) is 26.8 Å². The Balaban J connectivity index is 1.55. The van der Waals surface area contributed by atoms with Gasteiger partial charge < -0.3 is 0 Å². The van der Waals surface area contributed by atoms with Crippen LogP contribution in [0.15, 0.2) is 41.8 Å². The zero-order valence-corrected chi connectivity index (χ0v) is 27.2. The van der Waals surface area contributed by atoms with Crippen LogP contribution in [0.1, 0.15) is 64.9 Å². The summed E-state index contributed by atoms with van der Waals surface area (Å²) in [4.78, 5) is 28.2. The van der Waals surface area contributed by atoms with Gasteiger partial charge in [0.1, 0.15) is 0 Å². The second kappa shape index (κ2) is 15.7. The summed E-state index contributed by atoms with van der Waals surface area (Å²) in [6.07, 6.45) is 11.7. The Morgan fingerprint density at radius 3 is 2.32 bits per heavy atom. The fraction of sp³-hybridized carbons (Fsp3) is 0.556. The summed E-state index contributed by atoms with van der Waals surface area (Å²) >= 11 is 1.17. The molecule has 0 fully saturated rings. The third-order valence-electron chi connectivity index (χ3n) is 6.86. The number of nitrogens with zero attached hydrogens (tertiary/aromatic N) is 3. The van der Waals surface area contributed by atoms with Crippen LogP contribution in [0.3, 0.4) is 0 Å². The number of nitro benzene ring substituents is 1. The quantitative estimate of drug-likeness (QED) is 0.0531. The fourth-order valence-corrected chi connectivity index (χ4v) is 25.6. The van der Waals surface area contributed by atoms with Gasteiger partial charge in [-0.2, -0.15) is 0 Å². The van der Waals surface area contributed by atoms with Crippen molar-refractivity contribution in [1.29, 1.82) is 0 Å². The first-order chi connectivity index (χ1) is 18.4. The maximum atomic E-state index is 12.1. The van der Waals surface area contributed by atoms with Crippen molar-refractivity contribution in [3.63, 3.8) is 0 Å². The van der Waals surface area contributed by atoms with E-state index in [1.165, 1.54) is 68.8 Å². The standard InChI is InChI=1S/C15H13N4O4S2.3C4H9.Sn/c20-15(23-9-11-1-3-12(4-2-11)19(21)22)16-5-7-24-13-14-18(10-17-13)6-8-25-14;3*1-3-4-2;/h1-4,6,10H,5,7,9H2,(H,16,20);3*1,3-4H2,2H3;. The molecule has 0 saturated carbocycles. The summed E-state index contributed by atoms with van der Waals surface area (Å²) < 4.78 is 13.5. The number of imidazole rings is 1. The van der Waals surface area contributed by atoms with Gasteiger partial charge in [-0.15, -0.1) is 0 Å². The Kier molecular flexibility index (Phi) is 12.7. The Morgan fingerprint density at radius 2 is 1.74 bits per heavy atom. The Labute approximate surface area is 238 Å². The van der Waals surface area contributed by atoms with Crippen LogP contribution >= 0.6 is 23.1 Å². The maximum absolute atomic E-state index is 12.1. The molecule has 3 aromatic rings. The number of thioether (sulfide) groups is 1. The number of hydrogen-bond donors (Lipinski definition) is 1. The number of thiazole rings is 1. The van der Waals surface area contributed by atoms with Crippen molar-refractivity contribution in [3.8, 4) is 0 Å². The molecule has 8 nitrogen and oxygen atoms in total. The molecule has 0 aliphatic rings. The molecule has 11 heteroatoms. The van der Waals surface area contributed by atoms with E-state index in [4.69, 9.17) is 4.74 Å². The molecule has 0 unspecified atom stereocenters. The number of rotatable bonds is 17. The summed E-state index contributed by atoms with van der Waals surface area (Å²) in [5, 5.41) is 14.6. The Bertz CT molecular complexity index is 1140. The summed E-state index contributed by atoms with van der Waals surface area (Å²) in [7, 11) is 0. The molecule has 0 aliphatic heterocycles. The number of ether oxygens (including phenoxy) is 1. The van der Waals surface area contributed by atoms with E-state index in [-0.39, 0.29) is 12.3 Å². The first-order valence-corrected chi connectivity index (χ1v) is 22.9. The number of fused-ring (bicyclic) bond motifs is 1. The third-order valence-corrected chi connectivity index (χ3v) is 27.2. The monoisotopic (exact) mass is 668 g/mol. The second-order valence-corrected chi connectivity index (χ2v) is 26.0. The molecule has 1 amide bonds. The summed E-state index contributed by atoms with van der Waals surface area (Å²) in [6.45, 7) is 7.47. The first-order valence-electron chi connectivity index (χ1n) is 13.7. The number of non-ortho nitro benzene ring substituents is 1. The van der Waals surface area contributed by atoms with Crippen LogP contribution in [0.5, 0.6) is 0 Å². The molecule has 208 valence electrons. The molecule has 0 atom stereocenters. The molecule has 0 aliphatic carbocycles. The Morgan fingerprint density at radius 1 is 1.11 bits per heavy atom. The van der Waals surface area contributed by atoms with Gasteiger partial charge in [0.05, 0.1) is 4.92 Å². The van der Waals surface area contributed by atoms with Crippen LogP contribution in [-0.4, -0.2) is 51.1 Å². The van der Waals surface area contributed by atoms with Gasteiger partial charge in [0.15, 0.2) is 0 Å². The van der Waals surface area contributed by atoms with Gasteiger partial charge in [-0.05, 0) is 12.1 Å². The number of amides is 1. The van der Waals surface area contributed by atoms with Crippen molar-refractivity contribution >= 4 is 61.0 Å². The van der Waals surface area contributed by atoms with E-state index in [9.17, 15) is 14.9 Å². The zero-order chi connectivity index (χ0) is 27.4. The van der Waals surface area contributed by atoms with E-state index in [1.807, 2.05) is 17.7 Å². The van der Waals surface area contributed by atoms with Crippen molar-refractivity contribution in [2.75, 3.05) is 12.3 Å². The predicted molar refractivity (Wildman–Crippen MR) is 160 cm³/mol. The van der Waals surface area contributed by atoms with Crippen LogP contribution < -0.4 is 8.21 Å². The van der Waals surface area contributed by atoms with Crippen molar-refractivity contribution in [3.05, 3.63) is 52.5 Å². The predicted octanol–water partition coefficient (Wildman–Crippen LogP) is 7.38. The average molecular weight is 667 g/mol. The number of carbonyl (C=O) groups is 1. The number of nitrogens with one attached hydrogen (secondary N) is 1. The number of hydrogen-bond acceptors (Lipinski definition) is 7. The number of nitro groups is 1. The zero-order valence-electron chi connectivity index (χ0n) is 22.7. The summed E-state index contributed by atoms with van der Waals surface area (Å²) in [6, 6.07) is 5.98. The molecule has 0 bridgehead atoms. The van der Waals surface area contributed by atoms with E-state index < -0.39 is 29.4 Å². The number of carbonyl (C=O) groups excluding carboxylic acids is 1. The van der Waals surface area contributed by atoms with Crippen molar-refractivity contribution in [1.82, 2.24) is 14.7 Å². The van der Waals surface area contributed by atoms with Gasteiger partial charge in [-0.25, -0.2) is 0 Å². The number of benzene rings is 1. The minimum atomic E-state index is -2.47. The molecule has 1 N–H and O–H groups in total. The van der Waals surface area contributed by atoms with E-state index in [2.05, 4.69) is 41.7 Å². The van der Waals surface area contributed by atoms with Gasteiger partial charge in [0.25, 0.3) is 5.69 Å². The SMILES string of the molecule is CCC[CH2][Sn]([CH2]CCC)([CH2]CCC)[c]1cn2cnc(SCCNC(=O)OCc3ccc([N+](=O)[O-])cc3)c2s1. The van der Waals surface area contributed by atoms with Gasteiger partial charge in [-0.3, -0.25) is 10.1 Å². The number of unbranched alkanes of at least 4 members (excludes halogenated alkanes) is 3. The van der Waals surface area contributed by atoms with E-state index in [0.717, 1.165) is 5.03 Å². The van der Waals surface area contributed by atoms with Crippen molar-refractivity contribution < 1.29 is 14.5 Å². The van der Waals surface area contributed by atoms with Crippen LogP contribution in [-0.2, 0) is 11.3 Å². The molecule has 3 rings (SSSR count). The average Bonchev–Trinajstić information content (AvgIpc) is 3.52. The van der Waals surface area contributed by atoms with Crippen LogP contribution in [0.25, 0.3) is 4.83 Å². The van der Waals surface area contributed by atoms with Crippen LogP contribution in [0, 0.1) is 10.1 Å². The first kappa shape index (κ1) is 30.7. The topological polar surface area (TPSA) is 98.8 Å². The molecule has 2 heterocycles. The minimum absolute atomic E-state index is 0.0126. The molecule has 1 aromatic carbocycles. The van der Waals surface area contributed by atoms with Crippen LogP contribution in [0.2, 0.25) is 13.3 Å². The molecule has 0 saturated heterocycles. The van der Waals surface area contributed by atoms with Gasteiger partial charge in [0, 0.05) is 12.1 Å². The number of alkyl carbamates (subject to hydrolysis) is 1. The van der Waals surface area contributed by atoms with Crippen LogP contribution in [0.4, 0.5) is 10.5 Å². The van der Waals surface area contributed by atoms with Gasteiger partial charge in [-0.1, -0.05) is 0 Å². The normalized spacial score (nSPS) is 11.7. The molecule has 38 heavy (non-hydrogen) atoms. The Hall–Kier alpha value is -1.79. The summed E-state index contributed by atoms with van der Waals surface area (Å²) in [5.74, 6) is 0.697. The second-order valence-electron chi connectivity index (χ2n) is 9.72. The summed E-state index contributed by atoms with van der Waals surface area (Å²) in [5.41, 5.74) is 0.714. The fourth-order valence-electron chi connectivity index (χ4n) is 4.63. The van der Waals surface area contributed by atoms with E-state index in [0.29, 0.717) is 17.9 Å². The molecule has 0 radical (unpaired) electrons. The van der Waals surface area contributed by atoms with E-state index >= 15 is 0 Å². The molecular formula is C27H40N4O4S2Sn. The van der Waals surface area contributed by atoms with Crippen molar-refractivity contribution in [2.24, 2.45) is 0 Å². The van der Waals surface area contributed by atoms with Gasteiger partial charge >= 0.3 is 194 Å². The number of aromatic nitrogens is 2. The van der Waals surface area contributed by atoms with Gasteiger partial charge in [0.2, 0.25) is 0 Å². The molecule has 2 aromatic heterocycles. The molecule has 0 spiro atoms.